The maximum atomic E-state index is 11.6. The molecule has 0 saturated carbocycles. The summed E-state index contributed by atoms with van der Waals surface area (Å²) in [6.45, 7) is 2.73. The van der Waals surface area contributed by atoms with Gasteiger partial charge in [-0.3, -0.25) is 9.59 Å². The number of halogens is 1. The van der Waals surface area contributed by atoms with Crippen molar-refractivity contribution in [2.24, 2.45) is 0 Å². The summed E-state index contributed by atoms with van der Waals surface area (Å²) in [6.07, 6.45) is 2.52. The zero-order valence-corrected chi connectivity index (χ0v) is 10.7. The van der Waals surface area contributed by atoms with Crippen molar-refractivity contribution in [3.05, 3.63) is 32.3 Å². The van der Waals surface area contributed by atoms with Crippen molar-refractivity contribution in [3.8, 4) is 0 Å². The fourth-order valence-corrected chi connectivity index (χ4v) is 1.62. The normalized spacial score (nSPS) is 10.0. The lowest BCUT2D eigenvalue weighted by atomic mass is 10.4. The van der Waals surface area contributed by atoms with E-state index < -0.39 is 0 Å². The smallest absolute Gasteiger partial charge is 0.264 e. The lowest BCUT2D eigenvalue weighted by Gasteiger charge is -2.06. The lowest BCUT2D eigenvalue weighted by Crippen LogP contribution is -2.33. The summed E-state index contributed by atoms with van der Waals surface area (Å²) in [6, 6.07) is 3.49. The molecule has 0 aliphatic rings. The highest BCUT2D eigenvalue weighted by Gasteiger charge is 2.04. The van der Waals surface area contributed by atoms with Crippen molar-refractivity contribution < 1.29 is 4.79 Å². The predicted molar refractivity (Wildman–Crippen MR) is 66.7 cm³/mol. The fraction of sp³-hybridized carbons (Fsp3) is 0.400. The van der Waals surface area contributed by atoms with E-state index in [0.29, 0.717) is 10.1 Å². The summed E-state index contributed by atoms with van der Waals surface area (Å²) in [5.74, 6) is -0.124. The van der Waals surface area contributed by atoms with Crippen molar-refractivity contribution in [3.63, 3.8) is 0 Å². The molecular formula is C10H13IN2O2. The van der Waals surface area contributed by atoms with Gasteiger partial charge in [-0.15, -0.1) is 0 Å². The average molecular weight is 320 g/mol. The molecule has 1 heterocycles. The van der Waals surface area contributed by atoms with Crippen LogP contribution in [0.3, 0.4) is 0 Å². The topological polar surface area (TPSA) is 51.1 Å². The third-order valence-corrected chi connectivity index (χ3v) is 2.68. The maximum absolute atomic E-state index is 11.6. The molecule has 0 radical (unpaired) electrons. The summed E-state index contributed by atoms with van der Waals surface area (Å²) in [4.78, 5) is 22.9. The van der Waals surface area contributed by atoms with Crippen LogP contribution in [0.2, 0.25) is 0 Å². The van der Waals surface area contributed by atoms with E-state index in [2.05, 4.69) is 5.32 Å². The zero-order valence-electron chi connectivity index (χ0n) is 8.50. The molecule has 0 atom stereocenters. The van der Waals surface area contributed by atoms with Crippen LogP contribution in [0.1, 0.15) is 13.3 Å². The van der Waals surface area contributed by atoms with Gasteiger partial charge in [-0.2, -0.15) is 0 Å². The number of nitrogens with zero attached hydrogens (tertiary/aromatic N) is 1. The molecule has 0 aliphatic heterocycles. The number of amides is 1. The molecule has 1 aromatic rings. The Hall–Kier alpha value is -0.850. The number of aromatic nitrogens is 1. The van der Waals surface area contributed by atoms with Crippen molar-refractivity contribution in [1.29, 1.82) is 0 Å². The quantitative estimate of drug-likeness (QED) is 0.841. The minimum atomic E-state index is -0.124. The Morgan fingerprint density at radius 1 is 1.60 bits per heavy atom. The first-order valence-electron chi connectivity index (χ1n) is 4.76. The van der Waals surface area contributed by atoms with E-state index in [-0.39, 0.29) is 18.0 Å². The molecule has 0 aromatic carbocycles. The van der Waals surface area contributed by atoms with Gasteiger partial charge in [0.2, 0.25) is 5.91 Å². The number of nitrogens with one attached hydrogen (secondary N) is 1. The van der Waals surface area contributed by atoms with Crippen LogP contribution in [-0.4, -0.2) is 17.0 Å². The van der Waals surface area contributed by atoms with Gasteiger partial charge in [-0.1, -0.05) is 6.92 Å². The highest BCUT2D eigenvalue weighted by atomic mass is 127. The average Bonchev–Trinajstić information content (AvgIpc) is 2.22. The Balaban J connectivity index is 2.69. The monoisotopic (exact) mass is 320 g/mol. The Bertz CT molecular complexity index is 401. The third-order valence-electron chi connectivity index (χ3n) is 1.86. The van der Waals surface area contributed by atoms with Crippen LogP contribution in [0.4, 0.5) is 0 Å². The Kier molecular flexibility index (Phi) is 4.80. The molecule has 0 bridgehead atoms. The standard InChI is InChI=1S/C10H13IN2O2/c1-2-5-12-9(14)7-13-6-3-4-8(11)10(13)15/h3-4,6H,2,5,7H2,1H3,(H,12,14). The molecule has 1 aromatic heterocycles. The van der Waals surface area contributed by atoms with Crippen LogP contribution in [-0.2, 0) is 11.3 Å². The first-order valence-corrected chi connectivity index (χ1v) is 5.84. The summed E-state index contributed by atoms with van der Waals surface area (Å²) in [5, 5.41) is 2.73. The molecule has 5 heteroatoms. The van der Waals surface area contributed by atoms with Gasteiger partial charge in [0.15, 0.2) is 0 Å². The first-order chi connectivity index (χ1) is 7.15. The van der Waals surface area contributed by atoms with Crippen LogP contribution in [0.25, 0.3) is 0 Å². The minimum absolute atomic E-state index is 0.0929. The number of pyridine rings is 1. The summed E-state index contributed by atoms with van der Waals surface area (Å²) >= 11 is 1.96. The van der Waals surface area contributed by atoms with Gasteiger partial charge >= 0.3 is 0 Å². The first kappa shape index (κ1) is 12.2. The van der Waals surface area contributed by atoms with Gasteiger partial charge in [-0.05, 0) is 41.1 Å². The van der Waals surface area contributed by atoms with Crippen LogP contribution in [0, 0.1) is 3.57 Å². The Morgan fingerprint density at radius 2 is 2.33 bits per heavy atom. The fourth-order valence-electron chi connectivity index (χ4n) is 1.11. The molecule has 0 unspecified atom stereocenters. The van der Waals surface area contributed by atoms with Gasteiger partial charge in [0.25, 0.3) is 5.56 Å². The van der Waals surface area contributed by atoms with Gasteiger partial charge in [-0.25, -0.2) is 0 Å². The Morgan fingerprint density at radius 3 is 3.00 bits per heavy atom. The van der Waals surface area contributed by atoms with Crippen molar-refractivity contribution in [2.75, 3.05) is 6.54 Å². The van der Waals surface area contributed by atoms with E-state index in [1.54, 1.807) is 18.3 Å². The minimum Gasteiger partial charge on any atom is -0.355 e. The molecule has 15 heavy (non-hydrogen) atoms. The largest absolute Gasteiger partial charge is 0.355 e. The number of carbonyl (C=O) groups is 1. The molecule has 4 nitrogen and oxygen atoms in total. The van der Waals surface area contributed by atoms with Crippen molar-refractivity contribution in [2.45, 2.75) is 19.9 Å². The van der Waals surface area contributed by atoms with E-state index >= 15 is 0 Å². The second-order valence-electron chi connectivity index (χ2n) is 3.14. The Labute approximate surface area is 102 Å². The predicted octanol–water partition coefficient (Wildman–Crippen LogP) is 0.979. The number of hydrogen-bond donors (Lipinski definition) is 1. The molecule has 0 fully saturated rings. The molecule has 82 valence electrons. The number of hydrogen-bond acceptors (Lipinski definition) is 2. The second kappa shape index (κ2) is 5.89. The van der Waals surface area contributed by atoms with Gasteiger partial charge < -0.3 is 9.88 Å². The van der Waals surface area contributed by atoms with E-state index in [4.69, 9.17) is 0 Å². The maximum Gasteiger partial charge on any atom is 0.264 e. The lowest BCUT2D eigenvalue weighted by molar-refractivity contribution is -0.121. The summed E-state index contributed by atoms with van der Waals surface area (Å²) < 4.78 is 2.03. The summed E-state index contributed by atoms with van der Waals surface area (Å²) in [5.41, 5.74) is -0.121. The highest BCUT2D eigenvalue weighted by Crippen LogP contribution is 1.95. The second-order valence-corrected chi connectivity index (χ2v) is 4.30. The molecule has 1 rings (SSSR count). The number of carbonyl (C=O) groups excluding carboxylic acids is 1. The van der Waals surface area contributed by atoms with Gasteiger partial charge in [0.05, 0.1) is 3.57 Å². The van der Waals surface area contributed by atoms with Crippen LogP contribution in [0.5, 0.6) is 0 Å². The SMILES string of the molecule is CCCNC(=O)Cn1cccc(I)c1=O. The molecule has 0 spiro atoms. The summed E-state index contributed by atoms with van der Waals surface area (Å²) in [7, 11) is 0. The molecule has 1 N–H and O–H groups in total. The van der Waals surface area contributed by atoms with E-state index in [1.165, 1.54) is 4.57 Å². The van der Waals surface area contributed by atoms with Crippen molar-refractivity contribution in [1.82, 2.24) is 9.88 Å². The zero-order chi connectivity index (χ0) is 11.3. The molecular weight excluding hydrogens is 307 g/mol. The molecule has 1 amide bonds. The number of rotatable bonds is 4. The van der Waals surface area contributed by atoms with Gasteiger partial charge in [0.1, 0.15) is 6.54 Å². The molecule has 0 aliphatic carbocycles. The van der Waals surface area contributed by atoms with Crippen LogP contribution in [0.15, 0.2) is 23.1 Å². The highest BCUT2D eigenvalue weighted by molar-refractivity contribution is 14.1. The van der Waals surface area contributed by atoms with E-state index in [1.807, 2.05) is 29.5 Å². The van der Waals surface area contributed by atoms with Crippen LogP contribution >= 0.6 is 22.6 Å². The van der Waals surface area contributed by atoms with Crippen molar-refractivity contribution >= 4 is 28.5 Å². The van der Waals surface area contributed by atoms with E-state index in [9.17, 15) is 9.59 Å². The van der Waals surface area contributed by atoms with Crippen LogP contribution < -0.4 is 10.9 Å². The molecule has 0 saturated heterocycles. The van der Waals surface area contributed by atoms with E-state index in [0.717, 1.165) is 6.42 Å². The third kappa shape index (κ3) is 3.65. The van der Waals surface area contributed by atoms with Gasteiger partial charge in [0, 0.05) is 12.7 Å².